The highest BCUT2D eigenvalue weighted by atomic mass is 32.1. The number of rotatable bonds is 4. The van der Waals surface area contributed by atoms with Crippen LogP contribution in [0.3, 0.4) is 0 Å². The molecule has 0 aliphatic heterocycles. The maximum Gasteiger partial charge on any atom is 0.225 e. The number of amides is 1. The molecule has 0 aliphatic rings. The van der Waals surface area contributed by atoms with Gasteiger partial charge in [0.2, 0.25) is 11.0 Å². The average Bonchev–Trinajstić information content (AvgIpc) is 3.08. The largest absolute Gasteiger partial charge is 0.287 e. The molecule has 0 bridgehead atoms. The molecule has 0 saturated heterocycles. The van der Waals surface area contributed by atoms with Crippen molar-refractivity contribution in [2.75, 3.05) is 11.4 Å². The highest BCUT2D eigenvalue weighted by molar-refractivity contribution is 7.15. The lowest BCUT2D eigenvalue weighted by Crippen LogP contribution is -2.27. The lowest BCUT2D eigenvalue weighted by atomic mass is 10.3. The summed E-state index contributed by atoms with van der Waals surface area (Å²) in [4.78, 5) is 13.1. The predicted octanol–water partition coefficient (Wildman–Crippen LogP) is 1.70. The van der Waals surface area contributed by atoms with E-state index in [2.05, 4.69) is 20.5 Å². The quantitative estimate of drug-likeness (QED) is 0.733. The van der Waals surface area contributed by atoms with E-state index in [0.717, 1.165) is 16.0 Å². The van der Waals surface area contributed by atoms with Gasteiger partial charge in [0.05, 0.1) is 12.1 Å². The Morgan fingerprint density at radius 1 is 1.29 bits per heavy atom. The molecule has 7 nitrogen and oxygen atoms in total. The van der Waals surface area contributed by atoms with Gasteiger partial charge in [0.1, 0.15) is 10.5 Å². The zero-order valence-electron chi connectivity index (χ0n) is 11.7. The van der Waals surface area contributed by atoms with Gasteiger partial charge >= 0.3 is 0 Å². The van der Waals surface area contributed by atoms with Crippen LogP contribution in [0.5, 0.6) is 0 Å². The second-order valence-corrected chi connectivity index (χ2v) is 5.52. The molecule has 1 amide bonds. The number of carbonyl (C=O) groups is 1. The van der Waals surface area contributed by atoms with Gasteiger partial charge in [-0.3, -0.25) is 9.69 Å². The minimum Gasteiger partial charge on any atom is -0.287 e. The van der Waals surface area contributed by atoms with E-state index in [1.54, 1.807) is 9.58 Å². The van der Waals surface area contributed by atoms with E-state index >= 15 is 0 Å². The van der Waals surface area contributed by atoms with Crippen LogP contribution in [0, 0.1) is 0 Å². The molecular weight excluding hydrogens is 288 g/mol. The number of nitrogens with zero attached hydrogens (tertiary/aromatic N) is 6. The summed E-state index contributed by atoms with van der Waals surface area (Å²) in [7, 11) is 0. The van der Waals surface area contributed by atoms with Crippen molar-refractivity contribution in [1.82, 2.24) is 25.2 Å². The molecule has 3 rings (SSSR count). The molecule has 2 heterocycles. The molecule has 0 unspecified atom stereocenters. The van der Waals surface area contributed by atoms with E-state index in [1.165, 1.54) is 18.3 Å². The average molecular weight is 302 g/mol. The molecule has 21 heavy (non-hydrogen) atoms. The van der Waals surface area contributed by atoms with Crippen molar-refractivity contribution in [2.45, 2.75) is 20.4 Å². The van der Waals surface area contributed by atoms with E-state index in [0.29, 0.717) is 18.2 Å². The smallest absolute Gasteiger partial charge is 0.225 e. The number of aromatic nitrogens is 5. The van der Waals surface area contributed by atoms with E-state index in [-0.39, 0.29) is 5.91 Å². The van der Waals surface area contributed by atoms with Crippen LogP contribution in [0.4, 0.5) is 5.13 Å². The Kier molecular flexibility index (Phi) is 3.61. The Balaban J connectivity index is 1.86. The molecule has 0 fully saturated rings. The number of carbonyl (C=O) groups excluding carboxylic acids is 1. The van der Waals surface area contributed by atoms with Crippen molar-refractivity contribution in [2.24, 2.45) is 0 Å². The van der Waals surface area contributed by atoms with Crippen molar-refractivity contribution in [1.29, 1.82) is 0 Å². The van der Waals surface area contributed by atoms with Crippen LogP contribution in [0.2, 0.25) is 0 Å². The van der Waals surface area contributed by atoms with Gasteiger partial charge in [0.15, 0.2) is 0 Å². The zero-order chi connectivity index (χ0) is 14.8. The summed E-state index contributed by atoms with van der Waals surface area (Å²) in [5.41, 5.74) is 1.80. The van der Waals surface area contributed by atoms with Gasteiger partial charge < -0.3 is 0 Å². The molecule has 2 aromatic heterocycles. The predicted molar refractivity (Wildman–Crippen MR) is 80.2 cm³/mol. The van der Waals surface area contributed by atoms with Crippen LogP contribution in [0.15, 0.2) is 24.3 Å². The normalized spacial score (nSPS) is 11.0. The molecule has 0 spiro atoms. The Labute approximate surface area is 125 Å². The van der Waals surface area contributed by atoms with Gasteiger partial charge in [0, 0.05) is 13.5 Å². The second-order valence-electron chi connectivity index (χ2n) is 4.48. The summed E-state index contributed by atoms with van der Waals surface area (Å²) < 4.78 is 1.78. The third kappa shape index (κ3) is 2.62. The van der Waals surface area contributed by atoms with E-state index in [9.17, 15) is 4.79 Å². The lowest BCUT2D eigenvalue weighted by molar-refractivity contribution is -0.116. The number of para-hydroxylation sites is 1. The van der Waals surface area contributed by atoms with Crippen molar-refractivity contribution in [3.8, 4) is 0 Å². The minimum absolute atomic E-state index is 0.0357. The second kappa shape index (κ2) is 5.57. The zero-order valence-corrected chi connectivity index (χ0v) is 12.5. The fraction of sp³-hybridized carbons (Fsp3) is 0.308. The number of fused-ring (bicyclic) bond motifs is 1. The maximum absolute atomic E-state index is 11.5. The Morgan fingerprint density at radius 3 is 2.86 bits per heavy atom. The molecular formula is C13H14N6OS. The summed E-state index contributed by atoms with van der Waals surface area (Å²) in [6.45, 7) is 4.51. The van der Waals surface area contributed by atoms with Gasteiger partial charge in [-0.15, -0.1) is 15.3 Å². The van der Waals surface area contributed by atoms with Gasteiger partial charge in [-0.2, -0.15) is 0 Å². The Hall–Kier alpha value is -2.35. The standard InChI is InChI=1S/C13H14N6OS/c1-3-18(9(2)20)13-16-15-12(21-13)8-19-11-7-5-4-6-10(11)14-17-19/h4-7H,3,8H2,1-2H3. The van der Waals surface area contributed by atoms with Crippen LogP contribution in [-0.2, 0) is 11.3 Å². The van der Waals surface area contributed by atoms with Crippen LogP contribution >= 0.6 is 11.3 Å². The number of hydrogen-bond acceptors (Lipinski definition) is 6. The van der Waals surface area contributed by atoms with Crippen LogP contribution in [-0.4, -0.2) is 37.6 Å². The highest BCUT2D eigenvalue weighted by Crippen LogP contribution is 2.21. The Bertz CT molecular complexity index is 780. The first kappa shape index (κ1) is 13.6. The van der Waals surface area contributed by atoms with Crippen LogP contribution in [0.25, 0.3) is 11.0 Å². The van der Waals surface area contributed by atoms with Crippen molar-refractivity contribution in [3.63, 3.8) is 0 Å². The van der Waals surface area contributed by atoms with E-state index < -0.39 is 0 Å². The monoisotopic (exact) mass is 302 g/mol. The molecule has 0 saturated carbocycles. The number of benzene rings is 1. The summed E-state index contributed by atoms with van der Waals surface area (Å²) in [5, 5.41) is 17.9. The van der Waals surface area contributed by atoms with Crippen molar-refractivity contribution < 1.29 is 4.79 Å². The molecule has 0 atom stereocenters. The van der Waals surface area contributed by atoms with Crippen molar-refractivity contribution in [3.05, 3.63) is 29.3 Å². The fourth-order valence-corrected chi connectivity index (χ4v) is 3.00. The fourth-order valence-electron chi connectivity index (χ4n) is 2.07. The maximum atomic E-state index is 11.5. The number of hydrogen-bond donors (Lipinski definition) is 0. The van der Waals surface area contributed by atoms with Crippen LogP contribution in [0.1, 0.15) is 18.9 Å². The SMILES string of the molecule is CCN(C(C)=O)c1nnc(Cn2nnc3ccccc32)s1. The molecule has 1 aromatic carbocycles. The molecule has 0 radical (unpaired) electrons. The summed E-state index contributed by atoms with van der Waals surface area (Å²) in [6.07, 6.45) is 0. The van der Waals surface area contributed by atoms with Crippen LogP contribution < -0.4 is 4.90 Å². The molecule has 3 aromatic rings. The molecule has 0 N–H and O–H groups in total. The van der Waals surface area contributed by atoms with Crippen molar-refractivity contribution >= 4 is 33.4 Å². The van der Waals surface area contributed by atoms with Gasteiger partial charge in [-0.25, -0.2) is 4.68 Å². The molecule has 8 heteroatoms. The first-order valence-electron chi connectivity index (χ1n) is 6.57. The molecule has 108 valence electrons. The van der Waals surface area contributed by atoms with E-state index in [1.807, 2.05) is 31.2 Å². The van der Waals surface area contributed by atoms with E-state index in [4.69, 9.17) is 0 Å². The third-order valence-corrected chi connectivity index (χ3v) is 4.02. The summed E-state index contributed by atoms with van der Waals surface area (Å²) >= 11 is 1.39. The highest BCUT2D eigenvalue weighted by Gasteiger charge is 2.15. The number of anilines is 1. The minimum atomic E-state index is -0.0357. The van der Waals surface area contributed by atoms with Gasteiger partial charge in [-0.05, 0) is 19.1 Å². The first-order chi connectivity index (χ1) is 10.2. The van der Waals surface area contributed by atoms with Gasteiger partial charge in [-0.1, -0.05) is 28.7 Å². The first-order valence-corrected chi connectivity index (χ1v) is 7.39. The third-order valence-electron chi connectivity index (χ3n) is 3.09. The Morgan fingerprint density at radius 2 is 2.10 bits per heavy atom. The lowest BCUT2D eigenvalue weighted by Gasteiger charge is -2.13. The molecule has 0 aliphatic carbocycles. The topological polar surface area (TPSA) is 76.8 Å². The summed E-state index contributed by atoms with van der Waals surface area (Å²) in [6, 6.07) is 7.75. The summed E-state index contributed by atoms with van der Waals surface area (Å²) in [5.74, 6) is -0.0357. The van der Waals surface area contributed by atoms with Gasteiger partial charge in [0.25, 0.3) is 0 Å².